The maximum absolute atomic E-state index is 13.0. The predicted molar refractivity (Wildman–Crippen MR) is 119 cm³/mol. The van der Waals surface area contributed by atoms with E-state index in [9.17, 15) is 32.9 Å². The molecule has 0 unspecified atom stereocenters. The number of ether oxygens (including phenoxy) is 1. The topological polar surface area (TPSA) is 150 Å². The molecule has 0 spiro atoms. The van der Waals surface area contributed by atoms with Crippen LogP contribution < -0.4 is 5.32 Å². The highest BCUT2D eigenvalue weighted by molar-refractivity contribution is 7.91. The summed E-state index contributed by atoms with van der Waals surface area (Å²) >= 11 is 0. The molecule has 0 aliphatic carbocycles. The fourth-order valence-corrected chi connectivity index (χ4v) is 5.18. The smallest absolute Gasteiger partial charge is 0.338 e. The van der Waals surface area contributed by atoms with E-state index in [1.807, 2.05) is 0 Å². The Hall–Kier alpha value is -4.38. The summed E-state index contributed by atoms with van der Waals surface area (Å²) in [6.45, 7) is 0.836. The first kappa shape index (κ1) is 22.8. The number of carbonyl (C=O) groups excluding carboxylic acids is 3. The van der Waals surface area contributed by atoms with Crippen LogP contribution in [0.4, 0.5) is 11.4 Å². The lowest BCUT2D eigenvalue weighted by molar-refractivity contribution is -0.385. The number of nitrogens with one attached hydrogen (secondary N) is 1. The second kappa shape index (κ2) is 8.52. The van der Waals surface area contributed by atoms with E-state index in [1.54, 1.807) is 13.0 Å². The SMILES string of the molecule is Cc1ccc(NC(=O)COC(=O)c2ccc3c(c2)S(=O)(=O)c2ccccc2C3=O)cc1[N+](=O)[O-]. The van der Waals surface area contributed by atoms with E-state index in [2.05, 4.69) is 5.32 Å². The molecule has 1 heterocycles. The lowest BCUT2D eigenvalue weighted by Crippen LogP contribution is -2.23. The molecule has 1 aliphatic heterocycles. The molecular formula is C23H16N2O8S. The Morgan fingerprint density at radius 1 is 1.00 bits per heavy atom. The molecule has 0 atom stereocenters. The summed E-state index contributed by atoms with van der Waals surface area (Å²) < 4.78 is 30.9. The number of benzene rings is 3. The summed E-state index contributed by atoms with van der Waals surface area (Å²) in [6.07, 6.45) is 0. The third kappa shape index (κ3) is 4.04. The monoisotopic (exact) mass is 480 g/mol. The number of esters is 1. The average Bonchev–Trinajstić information content (AvgIpc) is 2.82. The lowest BCUT2D eigenvalue weighted by Gasteiger charge is -2.19. The summed E-state index contributed by atoms with van der Waals surface area (Å²) in [5.74, 6) is -2.21. The number of nitro benzene ring substituents is 1. The number of sulfone groups is 1. The molecule has 0 radical (unpaired) electrons. The molecule has 0 saturated heterocycles. The van der Waals surface area contributed by atoms with Gasteiger partial charge in [-0.3, -0.25) is 19.7 Å². The van der Waals surface area contributed by atoms with Crippen LogP contribution in [0.2, 0.25) is 0 Å². The van der Waals surface area contributed by atoms with Gasteiger partial charge in [0.2, 0.25) is 9.84 Å². The number of hydrogen-bond acceptors (Lipinski definition) is 8. The van der Waals surface area contributed by atoms with E-state index in [0.717, 1.165) is 6.07 Å². The number of nitro groups is 1. The zero-order valence-corrected chi connectivity index (χ0v) is 18.4. The van der Waals surface area contributed by atoms with E-state index in [4.69, 9.17) is 4.74 Å². The van der Waals surface area contributed by atoms with Gasteiger partial charge in [-0.2, -0.15) is 0 Å². The number of amides is 1. The van der Waals surface area contributed by atoms with Crippen molar-refractivity contribution in [3.05, 3.63) is 93.0 Å². The van der Waals surface area contributed by atoms with Gasteiger partial charge in [-0.15, -0.1) is 0 Å². The Labute approximate surface area is 193 Å². The van der Waals surface area contributed by atoms with E-state index >= 15 is 0 Å². The van der Waals surface area contributed by atoms with Gasteiger partial charge in [0.05, 0.1) is 20.3 Å². The van der Waals surface area contributed by atoms with Gasteiger partial charge in [0.25, 0.3) is 11.6 Å². The molecule has 0 fully saturated rings. The number of rotatable bonds is 5. The van der Waals surface area contributed by atoms with Crippen LogP contribution in [-0.4, -0.2) is 37.6 Å². The van der Waals surface area contributed by atoms with E-state index in [1.165, 1.54) is 48.5 Å². The van der Waals surface area contributed by atoms with Gasteiger partial charge in [0.15, 0.2) is 12.4 Å². The minimum absolute atomic E-state index is 0.0540. The van der Waals surface area contributed by atoms with Crippen LogP contribution in [-0.2, 0) is 19.4 Å². The first-order valence-electron chi connectivity index (χ1n) is 9.84. The molecule has 0 saturated carbocycles. The number of fused-ring (bicyclic) bond motifs is 2. The number of carbonyl (C=O) groups is 3. The van der Waals surface area contributed by atoms with E-state index in [0.29, 0.717) is 5.56 Å². The van der Waals surface area contributed by atoms with Crippen molar-refractivity contribution in [3.63, 3.8) is 0 Å². The summed E-state index contributed by atoms with van der Waals surface area (Å²) in [5, 5.41) is 13.4. The van der Waals surface area contributed by atoms with Crippen LogP contribution in [0.5, 0.6) is 0 Å². The molecule has 0 aromatic heterocycles. The molecule has 11 heteroatoms. The number of nitrogens with zero attached hydrogens (tertiary/aromatic N) is 1. The number of anilines is 1. The van der Waals surface area contributed by atoms with Crippen molar-refractivity contribution in [3.8, 4) is 0 Å². The third-order valence-electron chi connectivity index (χ3n) is 5.20. The Bertz CT molecular complexity index is 1490. The summed E-state index contributed by atoms with van der Waals surface area (Å²) in [6, 6.07) is 13.4. The highest BCUT2D eigenvalue weighted by Crippen LogP contribution is 2.34. The predicted octanol–water partition coefficient (Wildman–Crippen LogP) is 3.08. The van der Waals surface area contributed by atoms with Crippen molar-refractivity contribution < 1.29 is 32.5 Å². The van der Waals surface area contributed by atoms with Gasteiger partial charge in [-0.1, -0.05) is 18.2 Å². The van der Waals surface area contributed by atoms with Gasteiger partial charge in [-0.05, 0) is 43.3 Å². The summed E-state index contributed by atoms with van der Waals surface area (Å²) in [7, 11) is -4.04. The molecular weight excluding hydrogens is 464 g/mol. The molecule has 1 amide bonds. The highest BCUT2D eigenvalue weighted by Gasteiger charge is 2.35. The van der Waals surface area contributed by atoms with Crippen LogP contribution in [0.15, 0.2) is 70.5 Å². The summed E-state index contributed by atoms with van der Waals surface area (Å²) in [5.41, 5.74) is 0.218. The van der Waals surface area contributed by atoms with Crippen LogP contribution in [0, 0.1) is 17.0 Å². The fraction of sp³-hybridized carbons (Fsp3) is 0.0870. The Balaban J connectivity index is 1.49. The second-order valence-corrected chi connectivity index (χ2v) is 9.31. The standard InChI is InChI=1S/C23H16N2O8S/c1-13-6-8-15(11-18(13)25(29)30)24-21(26)12-33-23(28)14-7-9-17-20(10-14)34(31,32)19-5-3-2-4-16(19)22(17)27/h2-11H,12H2,1H3,(H,24,26). The minimum Gasteiger partial charge on any atom is -0.452 e. The molecule has 1 aliphatic rings. The van der Waals surface area contributed by atoms with Crippen molar-refractivity contribution in [2.24, 2.45) is 0 Å². The first-order chi connectivity index (χ1) is 16.1. The average molecular weight is 480 g/mol. The molecule has 0 bridgehead atoms. The van der Waals surface area contributed by atoms with Gasteiger partial charge in [0, 0.05) is 28.4 Å². The zero-order chi connectivity index (χ0) is 24.6. The molecule has 3 aromatic rings. The van der Waals surface area contributed by atoms with Crippen molar-refractivity contribution in [1.29, 1.82) is 0 Å². The molecule has 3 aromatic carbocycles. The maximum atomic E-state index is 13.0. The summed E-state index contributed by atoms with van der Waals surface area (Å²) in [4.78, 5) is 47.2. The Morgan fingerprint density at radius 2 is 1.71 bits per heavy atom. The number of hydrogen-bond donors (Lipinski definition) is 1. The molecule has 4 rings (SSSR count). The normalized spacial score (nSPS) is 13.4. The number of ketones is 1. The third-order valence-corrected chi connectivity index (χ3v) is 7.05. The largest absolute Gasteiger partial charge is 0.452 e. The maximum Gasteiger partial charge on any atom is 0.338 e. The Kier molecular flexibility index (Phi) is 5.71. The highest BCUT2D eigenvalue weighted by atomic mass is 32.2. The fourth-order valence-electron chi connectivity index (χ4n) is 3.51. The number of aryl methyl sites for hydroxylation is 1. The van der Waals surface area contributed by atoms with Gasteiger partial charge >= 0.3 is 5.97 Å². The van der Waals surface area contributed by atoms with Crippen molar-refractivity contribution >= 4 is 38.9 Å². The molecule has 172 valence electrons. The van der Waals surface area contributed by atoms with Gasteiger partial charge in [-0.25, -0.2) is 13.2 Å². The van der Waals surface area contributed by atoms with Crippen LogP contribution in [0.3, 0.4) is 0 Å². The quantitative estimate of drug-likeness (QED) is 0.260. The van der Waals surface area contributed by atoms with Crippen LogP contribution in [0.1, 0.15) is 31.8 Å². The zero-order valence-electron chi connectivity index (χ0n) is 17.6. The molecule has 34 heavy (non-hydrogen) atoms. The lowest BCUT2D eigenvalue weighted by atomic mass is 10.0. The first-order valence-corrected chi connectivity index (χ1v) is 11.3. The molecule has 10 nitrogen and oxygen atoms in total. The van der Waals surface area contributed by atoms with Crippen LogP contribution >= 0.6 is 0 Å². The minimum atomic E-state index is -4.04. The van der Waals surface area contributed by atoms with Crippen LogP contribution in [0.25, 0.3) is 0 Å². The van der Waals surface area contributed by atoms with E-state index in [-0.39, 0.29) is 37.9 Å². The second-order valence-electron chi connectivity index (χ2n) is 7.42. The van der Waals surface area contributed by atoms with Gasteiger partial charge < -0.3 is 10.1 Å². The Morgan fingerprint density at radius 3 is 2.44 bits per heavy atom. The van der Waals surface area contributed by atoms with Crippen molar-refractivity contribution in [1.82, 2.24) is 0 Å². The van der Waals surface area contributed by atoms with Crippen molar-refractivity contribution in [2.45, 2.75) is 16.7 Å². The molecule has 1 N–H and O–H groups in total. The van der Waals surface area contributed by atoms with Crippen molar-refractivity contribution in [2.75, 3.05) is 11.9 Å². The van der Waals surface area contributed by atoms with Gasteiger partial charge in [0.1, 0.15) is 0 Å². The van der Waals surface area contributed by atoms with E-state index < -0.39 is 39.0 Å².